The van der Waals surface area contributed by atoms with Gasteiger partial charge < -0.3 is 14.9 Å². The number of halogens is 3. The van der Waals surface area contributed by atoms with Gasteiger partial charge in [0.1, 0.15) is 12.0 Å². The van der Waals surface area contributed by atoms with Crippen molar-refractivity contribution in [3.8, 4) is 17.3 Å². The van der Waals surface area contributed by atoms with Gasteiger partial charge in [0.15, 0.2) is 0 Å². The summed E-state index contributed by atoms with van der Waals surface area (Å²) in [5.74, 6) is 0. The third kappa shape index (κ3) is 2.92. The second-order valence-corrected chi connectivity index (χ2v) is 7.68. The molecule has 1 aliphatic heterocycles. The summed E-state index contributed by atoms with van der Waals surface area (Å²) in [7, 11) is 0. The summed E-state index contributed by atoms with van der Waals surface area (Å²) in [6, 6.07) is 8.92. The molecule has 0 atom stereocenters. The van der Waals surface area contributed by atoms with Gasteiger partial charge in [0.2, 0.25) is 0 Å². The van der Waals surface area contributed by atoms with E-state index in [0.29, 0.717) is 29.9 Å². The molecule has 1 aromatic carbocycles. The Bertz CT molecular complexity index is 1290. The lowest BCUT2D eigenvalue weighted by molar-refractivity contribution is -0.127. The lowest BCUT2D eigenvalue weighted by Crippen LogP contribution is -2.60. The fraction of sp³-hybridized carbons (Fsp3) is 0.286. The molecule has 0 aliphatic carbocycles. The molecule has 0 amide bonds. The number of H-pyrrole nitrogens is 1. The Morgan fingerprint density at radius 3 is 2.70 bits per heavy atom. The highest BCUT2D eigenvalue weighted by atomic mass is 19.4. The number of alkyl halides is 3. The highest BCUT2D eigenvalue weighted by molar-refractivity contribution is 6.02. The molecule has 0 spiro atoms. The molecule has 0 bridgehead atoms. The fourth-order valence-electron chi connectivity index (χ4n) is 4.22. The molecule has 9 heteroatoms. The van der Waals surface area contributed by atoms with E-state index in [9.17, 15) is 18.4 Å². The maximum absolute atomic E-state index is 13.0. The third-order valence-corrected chi connectivity index (χ3v) is 5.71. The van der Waals surface area contributed by atoms with Crippen LogP contribution in [0.5, 0.6) is 0 Å². The molecule has 3 aromatic heterocycles. The minimum Gasteiger partial charge on any atom is -0.346 e. The number of rotatable bonds is 4. The highest BCUT2D eigenvalue weighted by Gasteiger charge is 2.40. The summed E-state index contributed by atoms with van der Waals surface area (Å²) in [5, 5.41) is 14.2. The van der Waals surface area contributed by atoms with E-state index in [1.165, 1.54) is 12.4 Å². The van der Waals surface area contributed by atoms with E-state index in [4.69, 9.17) is 0 Å². The number of benzene rings is 1. The second-order valence-electron chi connectivity index (χ2n) is 7.68. The Balaban J connectivity index is 1.76. The first-order valence-corrected chi connectivity index (χ1v) is 9.48. The molecule has 0 saturated carbocycles. The maximum atomic E-state index is 13.0. The first-order valence-electron chi connectivity index (χ1n) is 9.48. The quantitative estimate of drug-likeness (QED) is 0.535. The minimum atomic E-state index is -4.29. The summed E-state index contributed by atoms with van der Waals surface area (Å²) in [6.45, 7) is 1.16. The Hall–Kier alpha value is -3.38. The lowest BCUT2D eigenvalue weighted by atomic mass is 9.88. The van der Waals surface area contributed by atoms with Gasteiger partial charge in [-0.25, -0.2) is 9.97 Å². The molecule has 0 unspecified atom stereocenters. The van der Waals surface area contributed by atoms with Crippen LogP contribution in [-0.4, -0.2) is 38.8 Å². The van der Waals surface area contributed by atoms with Gasteiger partial charge in [-0.15, -0.1) is 0 Å². The number of nitrogens with zero attached hydrogens (tertiary/aromatic N) is 4. The van der Waals surface area contributed by atoms with Crippen LogP contribution in [0.3, 0.4) is 0 Å². The lowest BCUT2D eigenvalue weighted by Gasteiger charge is -2.43. The Morgan fingerprint density at radius 2 is 2.00 bits per heavy atom. The van der Waals surface area contributed by atoms with Crippen molar-refractivity contribution in [1.82, 2.24) is 24.8 Å². The van der Waals surface area contributed by atoms with Gasteiger partial charge in [0.05, 0.1) is 30.1 Å². The molecule has 1 fully saturated rings. The van der Waals surface area contributed by atoms with E-state index in [1.54, 1.807) is 18.3 Å². The van der Waals surface area contributed by atoms with Crippen molar-refractivity contribution in [2.75, 3.05) is 13.1 Å². The van der Waals surface area contributed by atoms with Crippen molar-refractivity contribution >= 4 is 21.9 Å². The van der Waals surface area contributed by atoms with E-state index >= 15 is 0 Å². The fourth-order valence-corrected chi connectivity index (χ4v) is 4.22. The topological polar surface area (TPSA) is 82.3 Å². The standard InChI is InChI=1S/C21H17F3N6/c22-21(23,24)8-13-1-2-14-16(18-15-3-6-27-19(15)29-12-28-18)9-30(17(14)7-13)20(4-5-25)10-26-11-20/h1-3,6-7,9,12,26H,4,8,10-11H2,(H,27,28,29). The molecule has 2 N–H and O–H groups in total. The summed E-state index contributed by atoms with van der Waals surface area (Å²) in [6.07, 6.45) is 0.121. The number of aromatic nitrogens is 4. The summed E-state index contributed by atoms with van der Waals surface area (Å²) < 4.78 is 41.0. The zero-order chi connectivity index (χ0) is 20.9. The number of aromatic amines is 1. The van der Waals surface area contributed by atoms with Crippen molar-refractivity contribution in [3.05, 3.63) is 48.5 Å². The van der Waals surface area contributed by atoms with Crippen LogP contribution in [0.15, 0.2) is 43.0 Å². The molecule has 4 heterocycles. The zero-order valence-corrected chi connectivity index (χ0v) is 15.8. The molecule has 152 valence electrons. The molecule has 30 heavy (non-hydrogen) atoms. The number of hydrogen-bond acceptors (Lipinski definition) is 4. The summed E-state index contributed by atoms with van der Waals surface area (Å²) in [4.78, 5) is 11.7. The molecule has 5 rings (SSSR count). The summed E-state index contributed by atoms with van der Waals surface area (Å²) in [5.41, 5.74) is 2.56. The van der Waals surface area contributed by atoms with Crippen molar-refractivity contribution < 1.29 is 13.2 Å². The third-order valence-electron chi connectivity index (χ3n) is 5.71. The minimum absolute atomic E-state index is 0.190. The molecule has 6 nitrogen and oxygen atoms in total. The predicted octanol–water partition coefficient (Wildman–Crippen LogP) is 3.90. The van der Waals surface area contributed by atoms with Crippen LogP contribution in [0, 0.1) is 11.3 Å². The molecule has 0 radical (unpaired) electrons. The number of hydrogen-bond donors (Lipinski definition) is 2. The predicted molar refractivity (Wildman–Crippen MR) is 106 cm³/mol. The SMILES string of the molecule is N#CCC1(n2cc(-c3ncnc4[nH]ccc34)c3ccc(CC(F)(F)F)cc32)CNC1. The van der Waals surface area contributed by atoms with E-state index in [-0.39, 0.29) is 12.0 Å². The zero-order valence-electron chi connectivity index (χ0n) is 15.8. The van der Waals surface area contributed by atoms with E-state index in [0.717, 1.165) is 16.3 Å². The van der Waals surface area contributed by atoms with Gasteiger partial charge in [0.25, 0.3) is 0 Å². The molecule has 1 aliphatic rings. The first kappa shape index (κ1) is 18.6. The van der Waals surface area contributed by atoms with Gasteiger partial charge in [-0.05, 0) is 17.7 Å². The molecule has 1 saturated heterocycles. The van der Waals surface area contributed by atoms with Gasteiger partial charge in [-0.1, -0.05) is 12.1 Å². The second kappa shape index (κ2) is 6.57. The van der Waals surface area contributed by atoms with E-state index in [2.05, 4.69) is 26.3 Å². The van der Waals surface area contributed by atoms with Crippen LogP contribution in [0.25, 0.3) is 33.2 Å². The van der Waals surface area contributed by atoms with E-state index in [1.807, 2.05) is 16.8 Å². The molecular formula is C21H17F3N6. The molecular weight excluding hydrogens is 393 g/mol. The van der Waals surface area contributed by atoms with Crippen LogP contribution >= 0.6 is 0 Å². The monoisotopic (exact) mass is 410 g/mol. The number of nitriles is 1. The van der Waals surface area contributed by atoms with Gasteiger partial charge in [-0.2, -0.15) is 18.4 Å². The maximum Gasteiger partial charge on any atom is 0.393 e. The smallest absolute Gasteiger partial charge is 0.346 e. The van der Waals surface area contributed by atoms with Gasteiger partial charge in [0, 0.05) is 47.3 Å². The van der Waals surface area contributed by atoms with Gasteiger partial charge in [-0.3, -0.25) is 0 Å². The average Bonchev–Trinajstić information content (AvgIpc) is 3.28. The van der Waals surface area contributed by atoms with Crippen molar-refractivity contribution in [1.29, 1.82) is 5.26 Å². The normalized spacial score (nSPS) is 15.9. The van der Waals surface area contributed by atoms with Crippen LogP contribution in [0.1, 0.15) is 12.0 Å². The Labute approximate surface area is 169 Å². The van der Waals surface area contributed by atoms with Crippen LogP contribution in [0.2, 0.25) is 0 Å². The van der Waals surface area contributed by atoms with Crippen molar-refractivity contribution in [2.24, 2.45) is 0 Å². The first-order chi connectivity index (χ1) is 14.4. The number of fused-ring (bicyclic) bond motifs is 2. The van der Waals surface area contributed by atoms with Crippen molar-refractivity contribution in [3.63, 3.8) is 0 Å². The van der Waals surface area contributed by atoms with Crippen molar-refractivity contribution in [2.45, 2.75) is 24.6 Å². The largest absolute Gasteiger partial charge is 0.393 e. The van der Waals surface area contributed by atoms with Crippen LogP contribution in [-0.2, 0) is 12.0 Å². The highest BCUT2D eigenvalue weighted by Crippen LogP contribution is 2.39. The molecule has 4 aromatic rings. The van der Waals surface area contributed by atoms with Gasteiger partial charge >= 0.3 is 6.18 Å². The Kier molecular flexibility index (Phi) is 4.08. The van der Waals surface area contributed by atoms with Crippen LogP contribution < -0.4 is 5.32 Å². The average molecular weight is 410 g/mol. The van der Waals surface area contributed by atoms with Crippen LogP contribution in [0.4, 0.5) is 13.2 Å². The Morgan fingerprint density at radius 1 is 1.17 bits per heavy atom. The number of nitrogens with one attached hydrogen (secondary N) is 2. The summed E-state index contributed by atoms with van der Waals surface area (Å²) >= 11 is 0. The van der Waals surface area contributed by atoms with E-state index < -0.39 is 18.1 Å².